The van der Waals surface area contributed by atoms with Gasteiger partial charge < -0.3 is 10.1 Å². The lowest BCUT2D eigenvalue weighted by Crippen LogP contribution is -2.23. The summed E-state index contributed by atoms with van der Waals surface area (Å²) in [5.74, 6) is -0.0592. The Kier molecular flexibility index (Phi) is 6.29. The molecular weight excluding hydrogens is 449 g/mol. The fraction of sp³-hybridized carbons (Fsp3) is 0.174. The zero-order chi connectivity index (χ0) is 22.8. The largest absolute Gasteiger partial charge is 0.495 e. The number of methoxy groups -OCH3 is 1. The van der Waals surface area contributed by atoms with Crippen LogP contribution in [0.25, 0.3) is 15.9 Å². The molecule has 6 nitrogen and oxygen atoms in total. The van der Waals surface area contributed by atoms with Crippen LogP contribution < -0.4 is 15.6 Å². The fourth-order valence-corrected chi connectivity index (χ4v) is 4.87. The predicted octanol–water partition coefficient (Wildman–Crippen LogP) is 4.94. The number of thioether (sulfide) groups is 1. The Morgan fingerprint density at radius 3 is 2.78 bits per heavy atom. The molecule has 32 heavy (non-hydrogen) atoms. The third-order valence-corrected chi connectivity index (χ3v) is 6.64. The number of ether oxygens (including phenoxy) is 1. The van der Waals surface area contributed by atoms with Crippen LogP contribution in [-0.2, 0) is 4.79 Å². The van der Waals surface area contributed by atoms with E-state index in [-0.39, 0.29) is 23.0 Å². The number of amides is 1. The number of aromatic nitrogens is 2. The van der Waals surface area contributed by atoms with E-state index >= 15 is 0 Å². The van der Waals surface area contributed by atoms with Gasteiger partial charge in [0.15, 0.2) is 5.16 Å². The molecule has 0 saturated heterocycles. The average Bonchev–Trinajstić information content (AvgIpc) is 3.22. The van der Waals surface area contributed by atoms with Crippen molar-refractivity contribution in [2.24, 2.45) is 0 Å². The molecule has 1 N–H and O–H groups in total. The number of thiophene rings is 1. The van der Waals surface area contributed by atoms with Gasteiger partial charge in [-0.1, -0.05) is 17.8 Å². The molecule has 0 fully saturated rings. The molecule has 1 amide bonds. The first kappa shape index (κ1) is 22.0. The topological polar surface area (TPSA) is 73.2 Å². The second kappa shape index (κ2) is 9.13. The minimum absolute atomic E-state index is 0.0272. The van der Waals surface area contributed by atoms with Crippen LogP contribution in [-0.4, -0.2) is 28.3 Å². The summed E-state index contributed by atoms with van der Waals surface area (Å²) in [5, 5.41) is 5.01. The Morgan fingerprint density at radius 2 is 2.03 bits per heavy atom. The maximum absolute atomic E-state index is 13.6. The van der Waals surface area contributed by atoms with E-state index in [0.717, 1.165) is 17.3 Å². The summed E-state index contributed by atoms with van der Waals surface area (Å²) in [6.07, 6.45) is 0. The molecular formula is C23H20FN3O3S2. The highest BCUT2D eigenvalue weighted by Crippen LogP contribution is 2.28. The Labute approximate surface area is 192 Å². The minimum Gasteiger partial charge on any atom is -0.495 e. The molecule has 0 atom stereocenters. The van der Waals surface area contributed by atoms with Gasteiger partial charge in [0.05, 0.1) is 29.8 Å². The first-order chi connectivity index (χ1) is 15.4. The third-order valence-electron chi connectivity index (χ3n) is 4.81. The van der Waals surface area contributed by atoms with Crippen molar-refractivity contribution in [3.05, 3.63) is 75.1 Å². The number of fused-ring (bicyclic) bond motifs is 1. The molecule has 2 aromatic carbocycles. The number of anilines is 1. The summed E-state index contributed by atoms with van der Waals surface area (Å²) >= 11 is 2.44. The number of carbonyl (C=O) groups excluding carboxylic acids is 1. The number of aryl methyl sites for hydroxylation is 2. The Hall–Kier alpha value is -3.17. The second-order valence-electron chi connectivity index (χ2n) is 7.14. The summed E-state index contributed by atoms with van der Waals surface area (Å²) < 4.78 is 20.9. The van der Waals surface area contributed by atoms with Gasteiger partial charge >= 0.3 is 0 Å². The zero-order valence-electron chi connectivity index (χ0n) is 17.6. The van der Waals surface area contributed by atoms with Gasteiger partial charge in [-0.2, -0.15) is 0 Å². The van der Waals surface area contributed by atoms with Crippen molar-refractivity contribution in [3.8, 4) is 11.4 Å². The number of hydrogen-bond acceptors (Lipinski definition) is 6. The van der Waals surface area contributed by atoms with Gasteiger partial charge in [-0.05, 0) is 66.8 Å². The number of carbonyl (C=O) groups is 1. The highest BCUT2D eigenvalue weighted by molar-refractivity contribution is 7.99. The average molecular weight is 470 g/mol. The van der Waals surface area contributed by atoms with Gasteiger partial charge in [0, 0.05) is 0 Å². The van der Waals surface area contributed by atoms with Crippen LogP contribution in [0.5, 0.6) is 5.75 Å². The molecule has 0 radical (unpaired) electrons. The van der Waals surface area contributed by atoms with E-state index in [1.54, 1.807) is 37.6 Å². The molecule has 0 saturated carbocycles. The van der Waals surface area contributed by atoms with Crippen molar-refractivity contribution in [1.82, 2.24) is 9.55 Å². The first-order valence-corrected chi connectivity index (χ1v) is 11.6. The lowest BCUT2D eigenvalue weighted by atomic mass is 10.2. The van der Waals surface area contributed by atoms with E-state index in [1.165, 1.54) is 28.0 Å². The van der Waals surface area contributed by atoms with Crippen molar-refractivity contribution in [1.29, 1.82) is 0 Å². The smallest absolute Gasteiger partial charge is 0.276 e. The molecule has 0 unspecified atom stereocenters. The van der Waals surface area contributed by atoms with Crippen LogP contribution in [0.2, 0.25) is 0 Å². The molecule has 4 aromatic rings. The highest BCUT2D eigenvalue weighted by Gasteiger charge is 2.18. The molecule has 2 aromatic heterocycles. The van der Waals surface area contributed by atoms with E-state index in [0.29, 0.717) is 38.1 Å². The van der Waals surface area contributed by atoms with Crippen molar-refractivity contribution in [2.75, 3.05) is 18.2 Å². The number of hydrogen-bond donors (Lipinski definition) is 1. The monoisotopic (exact) mass is 469 g/mol. The summed E-state index contributed by atoms with van der Waals surface area (Å²) in [4.78, 5) is 30.5. The number of halogens is 1. The predicted molar refractivity (Wildman–Crippen MR) is 127 cm³/mol. The normalized spacial score (nSPS) is 11.0. The first-order valence-electron chi connectivity index (χ1n) is 9.71. The zero-order valence-corrected chi connectivity index (χ0v) is 19.3. The van der Waals surface area contributed by atoms with Gasteiger partial charge in [0.25, 0.3) is 5.56 Å². The summed E-state index contributed by atoms with van der Waals surface area (Å²) in [7, 11) is 1.54. The molecule has 0 bridgehead atoms. The van der Waals surface area contributed by atoms with Crippen molar-refractivity contribution < 1.29 is 13.9 Å². The summed E-state index contributed by atoms with van der Waals surface area (Å²) in [6, 6.07) is 11.5. The fourth-order valence-electron chi connectivity index (χ4n) is 3.31. The van der Waals surface area contributed by atoms with E-state index in [4.69, 9.17) is 4.74 Å². The van der Waals surface area contributed by atoms with E-state index in [1.807, 2.05) is 19.1 Å². The molecule has 0 spiro atoms. The van der Waals surface area contributed by atoms with Crippen LogP contribution >= 0.6 is 23.1 Å². The minimum atomic E-state index is -0.384. The van der Waals surface area contributed by atoms with E-state index in [2.05, 4.69) is 10.3 Å². The Morgan fingerprint density at radius 1 is 1.22 bits per heavy atom. The molecule has 9 heteroatoms. The Balaban J connectivity index is 1.66. The van der Waals surface area contributed by atoms with Crippen molar-refractivity contribution >= 4 is 44.9 Å². The lowest BCUT2D eigenvalue weighted by molar-refractivity contribution is -0.113. The van der Waals surface area contributed by atoms with Gasteiger partial charge in [0.1, 0.15) is 16.3 Å². The Bertz CT molecular complexity index is 1380. The maximum atomic E-state index is 13.6. The summed E-state index contributed by atoms with van der Waals surface area (Å²) in [5.41, 5.74) is 3.01. The van der Waals surface area contributed by atoms with Crippen LogP contribution in [0.15, 0.2) is 57.8 Å². The standard InChI is InChI=1S/C23H20FN3O3S2/c1-13-4-7-19(30-3)17(10-13)25-20(28)12-32-23-26-16-8-9-31-21(16)22(29)27(23)18-6-5-15(24)11-14(18)2/h4-11H,12H2,1-3H3,(H,25,28). The van der Waals surface area contributed by atoms with Crippen molar-refractivity contribution in [2.45, 2.75) is 19.0 Å². The number of nitrogens with one attached hydrogen (secondary N) is 1. The molecule has 0 aliphatic rings. The molecule has 4 rings (SSSR count). The molecule has 0 aliphatic carbocycles. The van der Waals surface area contributed by atoms with Crippen LogP contribution in [0, 0.1) is 19.7 Å². The molecule has 0 aliphatic heterocycles. The van der Waals surface area contributed by atoms with Crippen LogP contribution in [0.4, 0.5) is 10.1 Å². The van der Waals surface area contributed by atoms with Gasteiger partial charge in [0.2, 0.25) is 5.91 Å². The highest BCUT2D eigenvalue weighted by atomic mass is 32.2. The third kappa shape index (κ3) is 4.39. The van der Waals surface area contributed by atoms with E-state index in [9.17, 15) is 14.0 Å². The summed E-state index contributed by atoms with van der Waals surface area (Å²) in [6.45, 7) is 3.65. The quantitative estimate of drug-likeness (QED) is 0.320. The van der Waals surface area contributed by atoms with E-state index < -0.39 is 0 Å². The maximum Gasteiger partial charge on any atom is 0.276 e. The number of rotatable bonds is 6. The SMILES string of the molecule is COc1ccc(C)cc1NC(=O)CSc1nc2ccsc2c(=O)n1-c1ccc(F)cc1C. The number of nitrogens with zero attached hydrogens (tertiary/aromatic N) is 2. The van der Waals surface area contributed by atoms with Gasteiger partial charge in [-0.3, -0.25) is 14.2 Å². The molecule has 2 heterocycles. The number of benzene rings is 2. The lowest BCUT2D eigenvalue weighted by Gasteiger charge is -2.15. The molecule has 164 valence electrons. The van der Waals surface area contributed by atoms with Crippen LogP contribution in [0.3, 0.4) is 0 Å². The van der Waals surface area contributed by atoms with Gasteiger partial charge in [-0.25, -0.2) is 9.37 Å². The van der Waals surface area contributed by atoms with Crippen LogP contribution in [0.1, 0.15) is 11.1 Å². The van der Waals surface area contributed by atoms with Gasteiger partial charge in [-0.15, -0.1) is 11.3 Å². The van der Waals surface area contributed by atoms with Crippen molar-refractivity contribution in [3.63, 3.8) is 0 Å². The second-order valence-corrected chi connectivity index (χ2v) is 9.00.